The first-order valence-corrected chi connectivity index (χ1v) is 13.1. The minimum atomic E-state index is -0.669. The second kappa shape index (κ2) is 9.05. The van der Waals surface area contributed by atoms with Gasteiger partial charge >= 0.3 is 0 Å². The molecule has 0 radical (unpaired) electrons. The number of aromatic amines is 1. The summed E-state index contributed by atoms with van der Waals surface area (Å²) in [6.45, 7) is 3.88. The highest BCUT2D eigenvalue weighted by Gasteiger charge is 2.56. The topological polar surface area (TPSA) is 126 Å². The quantitative estimate of drug-likeness (QED) is 0.353. The fourth-order valence-electron chi connectivity index (χ4n) is 4.89. The minimum absolute atomic E-state index is 0.0937. The van der Waals surface area contributed by atoms with Crippen LogP contribution < -0.4 is 5.73 Å². The predicted octanol–water partition coefficient (Wildman–Crippen LogP) is 3.46. The first-order chi connectivity index (χ1) is 17.0. The average Bonchev–Trinajstić information content (AvgIpc) is 3.58. The lowest BCUT2D eigenvalue weighted by Gasteiger charge is -2.24. The molecule has 2 fully saturated rings. The zero-order valence-corrected chi connectivity index (χ0v) is 20.6. The van der Waals surface area contributed by atoms with Crippen LogP contribution in [-0.2, 0) is 20.6 Å². The molecule has 10 nitrogen and oxygen atoms in total. The number of aromatic nitrogens is 6. The summed E-state index contributed by atoms with van der Waals surface area (Å²) < 4.78 is 20.8. The highest BCUT2D eigenvalue weighted by molar-refractivity contribution is 7.99. The number of nitrogens with zero attached hydrogens (tertiary/aromatic N) is 5. The molecule has 0 amide bonds. The summed E-state index contributed by atoms with van der Waals surface area (Å²) in [4.78, 5) is 20.9. The largest absolute Gasteiger partial charge is 0.382 e. The van der Waals surface area contributed by atoms with Gasteiger partial charge in [0, 0.05) is 12.2 Å². The number of benzene rings is 1. The number of thioether (sulfide) groups is 1. The number of ether oxygens (including phenoxy) is 3. The van der Waals surface area contributed by atoms with Gasteiger partial charge in [0.25, 0.3) is 0 Å². The van der Waals surface area contributed by atoms with E-state index in [0.717, 1.165) is 47.6 Å². The van der Waals surface area contributed by atoms with E-state index in [0.29, 0.717) is 17.0 Å². The molecule has 4 aromatic rings. The summed E-state index contributed by atoms with van der Waals surface area (Å²) in [5.74, 6) is 2.60. The molecule has 2 aliphatic rings. The molecule has 0 spiro atoms. The number of H-pyrrole nitrogens is 1. The highest BCUT2D eigenvalue weighted by atomic mass is 32.2. The van der Waals surface area contributed by atoms with Crippen LogP contribution in [0.25, 0.3) is 22.2 Å². The number of unbranched alkanes of at least 4 members (excludes halogenated alkanes) is 1. The van der Waals surface area contributed by atoms with Gasteiger partial charge < -0.3 is 24.9 Å². The Hall–Kier alpha value is -2.73. The number of fused-ring (bicyclic) bond motifs is 3. The number of rotatable bonds is 8. The molecule has 0 aliphatic carbocycles. The maximum absolute atomic E-state index is 6.46. The minimum Gasteiger partial charge on any atom is -0.382 e. The van der Waals surface area contributed by atoms with Crippen molar-refractivity contribution >= 4 is 39.8 Å². The van der Waals surface area contributed by atoms with Crippen LogP contribution in [-0.4, -0.2) is 65.1 Å². The number of nitrogens with two attached hydrogens (primary N) is 1. The Balaban J connectivity index is 1.06. The van der Waals surface area contributed by atoms with Gasteiger partial charge in [-0.05, 0) is 44.6 Å². The Morgan fingerprint density at radius 1 is 1.11 bits per heavy atom. The second-order valence-electron chi connectivity index (χ2n) is 9.45. The molecule has 4 atom stereocenters. The molecule has 0 bridgehead atoms. The van der Waals surface area contributed by atoms with Crippen molar-refractivity contribution in [1.82, 2.24) is 29.5 Å². The number of hydrogen-bond acceptors (Lipinski definition) is 9. The number of anilines is 1. The molecule has 2 aliphatic heterocycles. The Bertz CT molecular complexity index is 1310. The lowest BCUT2D eigenvalue weighted by Crippen LogP contribution is -2.31. The Morgan fingerprint density at radius 2 is 1.97 bits per heavy atom. The highest BCUT2D eigenvalue weighted by Crippen LogP contribution is 2.44. The van der Waals surface area contributed by atoms with Crippen molar-refractivity contribution in [3.63, 3.8) is 0 Å². The van der Waals surface area contributed by atoms with Gasteiger partial charge in [-0.1, -0.05) is 12.1 Å². The van der Waals surface area contributed by atoms with E-state index in [-0.39, 0.29) is 24.5 Å². The molecule has 35 heavy (non-hydrogen) atoms. The number of imidazole rings is 2. The number of para-hydroxylation sites is 2. The number of aryl methyl sites for hydroxylation is 1. The van der Waals surface area contributed by atoms with E-state index < -0.39 is 5.79 Å². The molecule has 3 N–H and O–H groups in total. The van der Waals surface area contributed by atoms with E-state index in [9.17, 15) is 0 Å². The molecular weight excluding hydrogens is 466 g/mol. The summed E-state index contributed by atoms with van der Waals surface area (Å²) in [6, 6.07) is 8.15. The summed E-state index contributed by atoms with van der Waals surface area (Å²) in [7, 11) is 0. The number of nitrogens with one attached hydrogen (secondary N) is 1. The predicted molar refractivity (Wildman–Crippen MR) is 134 cm³/mol. The van der Waals surface area contributed by atoms with Gasteiger partial charge in [0.15, 0.2) is 23.5 Å². The van der Waals surface area contributed by atoms with Crippen LogP contribution in [0.15, 0.2) is 36.9 Å². The van der Waals surface area contributed by atoms with E-state index in [2.05, 4.69) is 31.0 Å². The fraction of sp³-hybridized carbons (Fsp3) is 0.500. The van der Waals surface area contributed by atoms with Crippen LogP contribution in [0, 0.1) is 0 Å². The van der Waals surface area contributed by atoms with Crippen molar-refractivity contribution in [2.45, 2.75) is 63.4 Å². The molecule has 3 aromatic heterocycles. The van der Waals surface area contributed by atoms with E-state index in [1.165, 1.54) is 6.33 Å². The molecule has 1 aromatic carbocycles. The van der Waals surface area contributed by atoms with Crippen molar-refractivity contribution < 1.29 is 14.2 Å². The zero-order valence-electron chi connectivity index (χ0n) is 19.8. The van der Waals surface area contributed by atoms with E-state index in [1.807, 2.05) is 48.4 Å². The molecule has 5 heterocycles. The zero-order chi connectivity index (χ0) is 24.0. The van der Waals surface area contributed by atoms with E-state index >= 15 is 0 Å². The molecule has 184 valence electrons. The second-order valence-corrected chi connectivity index (χ2v) is 10.6. The summed E-state index contributed by atoms with van der Waals surface area (Å²) in [6.07, 6.45) is 5.39. The van der Waals surface area contributed by atoms with Crippen molar-refractivity contribution in [2.24, 2.45) is 0 Å². The van der Waals surface area contributed by atoms with Crippen LogP contribution in [0.2, 0.25) is 0 Å². The third kappa shape index (κ3) is 4.37. The lowest BCUT2D eigenvalue weighted by molar-refractivity contribution is -0.193. The van der Waals surface area contributed by atoms with Crippen molar-refractivity contribution in [2.75, 3.05) is 17.2 Å². The third-order valence-electron chi connectivity index (χ3n) is 6.46. The van der Waals surface area contributed by atoms with Crippen LogP contribution in [0.5, 0.6) is 0 Å². The van der Waals surface area contributed by atoms with Gasteiger partial charge in [-0.15, -0.1) is 0 Å². The monoisotopic (exact) mass is 495 g/mol. The Morgan fingerprint density at radius 3 is 2.86 bits per heavy atom. The molecule has 0 saturated carbocycles. The van der Waals surface area contributed by atoms with Crippen molar-refractivity contribution in [3.05, 3.63) is 42.7 Å². The standard InChI is InChI=1S/C24H29N7O3S/c1-24(2)33-19-16(11-35-10-6-5-9-17-29-14-7-3-4-8-15(14)30-17)32-23(20(19)34-24)31-13-28-18-21(25)26-12-27-22(18)31/h3-4,7-8,12-13,16,19-20,23H,5-6,9-11H2,1-2H3,(H,29,30)(H2,25,26,27)/t16-,19-,20-,23-/m1/s1. The lowest BCUT2D eigenvalue weighted by atomic mass is 10.1. The molecule has 0 unspecified atom stereocenters. The van der Waals surface area contributed by atoms with E-state index in [4.69, 9.17) is 19.9 Å². The van der Waals surface area contributed by atoms with Gasteiger partial charge in [0.05, 0.1) is 23.5 Å². The normalized spacial score (nSPS) is 25.5. The first kappa shape index (κ1) is 22.7. The average molecular weight is 496 g/mol. The number of nitrogen functional groups attached to an aromatic ring is 1. The van der Waals surface area contributed by atoms with Gasteiger partial charge in [-0.2, -0.15) is 11.8 Å². The summed E-state index contributed by atoms with van der Waals surface area (Å²) >= 11 is 1.88. The van der Waals surface area contributed by atoms with Crippen molar-refractivity contribution in [1.29, 1.82) is 0 Å². The maximum Gasteiger partial charge on any atom is 0.167 e. The molecule has 2 saturated heterocycles. The molecular formula is C24H29N7O3S. The molecule has 6 rings (SSSR count). The van der Waals surface area contributed by atoms with Gasteiger partial charge in [0.1, 0.15) is 29.9 Å². The van der Waals surface area contributed by atoms with Gasteiger partial charge in [-0.3, -0.25) is 4.57 Å². The maximum atomic E-state index is 6.46. The van der Waals surface area contributed by atoms with Crippen LogP contribution in [0.4, 0.5) is 5.82 Å². The SMILES string of the molecule is CC1(C)O[C@@H]2[C@H](O1)[C@@H](CSCCCCc1nc3ccccc3[nH]1)O[C@H]2n1cnc2c(N)ncnc21. The summed E-state index contributed by atoms with van der Waals surface area (Å²) in [5, 5.41) is 0. The van der Waals surface area contributed by atoms with Crippen LogP contribution in [0.1, 0.15) is 38.7 Å². The third-order valence-corrected chi connectivity index (χ3v) is 7.60. The Labute approximate surface area is 207 Å². The molecule has 11 heteroatoms. The van der Waals surface area contributed by atoms with Crippen molar-refractivity contribution in [3.8, 4) is 0 Å². The fourth-order valence-corrected chi connectivity index (χ4v) is 5.97. The van der Waals surface area contributed by atoms with E-state index in [1.54, 1.807) is 6.33 Å². The van der Waals surface area contributed by atoms with Crippen LogP contribution >= 0.6 is 11.8 Å². The smallest absolute Gasteiger partial charge is 0.167 e. The van der Waals surface area contributed by atoms with Gasteiger partial charge in [-0.25, -0.2) is 19.9 Å². The number of hydrogen-bond donors (Lipinski definition) is 2. The first-order valence-electron chi connectivity index (χ1n) is 11.9. The Kier molecular flexibility index (Phi) is 5.87. The summed E-state index contributed by atoms with van der Waals surface area (Å²) in [5.41, 5.74) is 9.30. The van der Waals surface area contributed by atoms with Crippen LogP contribution in [0.3, 0.4) is 0 Å². The van der Waals surface area contributed by atoms with Gasteiger partial charge in [0.2, 0.25) is 0 Å².